The second kappa shape index (κ2) is 4.90. The maximum atomic E-state index is 12.9. The molecule has 1 aromatic carbocycles. The summed E-state index contributed by atoms with van der Waals surface area (Å²) in [5.41, 5.74) is 4.37. The van der Waals surface area contributed by atoms with Gasteiger partial charge >= 0.3 is 0 Å². The second-order valence-corrected chi connectivity index (χ2v) is 4.24. The Balaban J connectivity index is 2.09. The summed E-state index contributed by atoms with van der Waals surface area (Å²) in [4.78, 5) is 1.10. The number of thiophene rings is 1. The van der Waals surface area contributed by atoms with Crippen molar-refractivity contribution < 1.29 is 4.39 Å². The number of hydrogen-bond donors (Lipinski definition) is 1. The van der Waals surface area contributed by atoms with Crippen molar-refractivity contribution in [3.63, 3.8) is 0 Å². The summed E-state index contributed by atoms with van der Waals surface area (Å²) in [7, 11) is 0. The number of benzene rings is 1. The minimum atomic E-state index is -0.269. The van der Waals surface area contributed by atoms with Crippen LogP contribution < -0.4 is 5.43 Å². The van der Waals surface area contributed by atoms with E-state index < -0.39 is 0 Å². The summed E-state index contributed by atoms with van der Waals surface area (Å²) in [6.07, 6.45) is 0. The predicted molar refractivity (Wildman–Crippen MR) is 66.6 cm³/mol. The van der Waals surface area contributed by atoms with Gasteiger partial charge in [-0.05, 0) is 36.6 Å². The fraction of sp³-hybridized carbons (Fsp3) is 0.0833. The fourth-order valence-electron chi connectivity index (χ4n) is 1.25. The van der Waals surface area contributed by atoms with Gasteiger partial charge in [-0.25, -0.2) is 4.39 Å². The van der Waals surface area contributed by atoms with Gasteiger partial charge in [0.05, 0.1) is 11.4 Å². The van der Waals surface area contributed by atoms with Gasteiger partial charge in [0.1, 0.15) is 5.82 Å². The van der Waals surface area contributed by atoms with Crippen LogP contribution in [-0.2, 0) is 0 Å². The molecule has 16 heavy (non-hydrogen) atoms. The molecular formula is C12H11FN2S. The molecule has 0 amide bonds. The average molecular weight is 234 g/mol. The monoisotopic (exact) mass is 234 g/mol. The van der Waals surface area contributed by atoms with Gasteiger partial charge in [-0.1, -0.05) is 12.1 Å². The number of hydrazone groups is 1. The molecule has 0 saturated heterocycles. The van der Waals surface area contributed by atoms with Crippen LogP contribution >= 0.6 is 11.3 Å². The lowest BCUT2D eigenvalue weighted by molar-refractivity contribution is 0.628. The Morgan fingerprint density at radius 1 is 1.31 bits per heavy atom. The van der Waals surface area contributed by atoms with E-state index in [1.807, 2.05) is 24.4 Å². The highest BCUT2D eigenvalue weighted by Gasteiger charge is 1.98. The topological polar surface area (TPSA) is 24.4 Å². The van der Waals surface area contributed by atoms with Crippen molar-refractivity contribution in [1.29, 1.82) is 0 Å². The molecule has 0 spiro atoms. The van der Waals surface area contributed by atoms with Crippen LogP contribution in [0.1, 0.15) is 11.8 Å². The Labute approximate surface area is 97.4 Å². The van der Waals surface area contributed by atoms with Gasteiger partial charge in [0.25, 0.3) is 0 Å². The lowest BCUT2D eigenvalue weighted by atomic mass is 10.3. The molecule has 0 unspecified atom stereocenters. The lowest BCUT2D eigenvalue weighted by Gasteiger charge is -2.01. The van der Waals surface area contributed by atoms with Crippen molar-refractivity contribution >= 4 is 22.7 Å². The number of hydrogen-bond acceptors (Lipinski definition) is 3. The standard InChI is InChI=1S/C12H11FN2S/c1-9(12-6-3-7-16-12)14-15-11-5-2-4-10(13)8-11/h2-8,15H,1H3/b14-9+. The van der Waals surface area contributed by atoms with Gasteiger partial charge in [0.15, 0.2) is 0 Å². The lowest BCUT2D eigenvalue weighted by Crippen LogP contribution is -1.97. The first kappa shape index (κ1) is 10.8. The van der Waals surface area contributed by atoms with Gasteiger partial charge in [-0.15, -0.1) is 11.3 Å². The van der Waals surface area contributed by atoms with E-state index in [-0.39, 0.29) is 5.82 Å². The highest BCUT2D eigenvalue weighted by molar-refractivity contribution is 7.12. The predicted octanol–water partition coefficient (Wildman–Crippen LogP) is 3.72. The number of rotatable bonds is 3. The molecule has 2 nitrogen and oxygen atoms in total. The molecule has 0 saturated carbocycles. The van der Waals surface area contributed by atoms with Crippen LogP contribution in [0.4, 0.5) is 10.1 Å². The summed E-state index contributed by atoms with van der Waals surface area (Å²) in [6, 6.07) is 10.2. The summed E-state index contributed by atoms with van der Waals surface area (Å²) in [5, 5.41) is 6.18. The van der Waals surface area contributed by atoms with Crippen LogP contribution in [-0.4, -0.2) is 5.71 Å². The molecule has 1 heterocycles. The van der Waals surface area contributed by atoms with Crippen LogP contribution in [0.2, 0.25) is 0 Å². The van der Waals surface area contributed by atoms with Gasteiger partial charge in [-0.2, -0.15) is 5.10 Å². The summed E-state index contributed by atoms with van der Waals surface area (Å²) >= 11 is 1.62. The van der Waals surface area contributed by atoms with Crippen LogP contribution in [0.5, 0.6) is 0 Å². The molecule has 1 aromatic heterocycles. The first-order valence-electron chi connectivity index (χ1n) is 4.85. The first-order valence-corrected chi connectivity index (χ1v) is 5.73. The molecule has 2 rings (SSSR count). The van der Waals surface area contributed by atoms with E-state index in [9.17, 15) is 4.39 Å². The Morgan fingerprint density at radius 3 is 2.88 bits per heavy atom. The van der Waals surface area contributed by atoms with Crippen molar-refractivity contribution in [3.05, 3.63) is 52.5 Å². The zero-order chi connectivity index (χ0) is 11.4. The third kappa shape index (κ3) is 2.67. The molecule has 0 radical (unpaired) electrons. The van der Waals surface area contributed by atoms with Gasteiger partial charge < -0.3 is 0 Å². The molecule has 0 bridgehead atoms. The minimum Gasteiger partial charge on any atom is -0.278 e. The van der Waals surface area contributed by atoms with Gasteiger partial charge in [-0.3, -0.25) is 5.43 Å². The van der Waals surface area contributed by atoms with E-state index in [1.54, 1.807) is 23.5 Å². The number of nitrogens with one attached hydrogen (secondary N) is 1. The highest BCUT2D eigenvalue weighted by atomic mass is 32.1. The zero-order valence-corrected chi connectivity index (χ0v) is 9.59. The van der Waals surface area contributed by atoms with Crippen molar-refractivity contribution in [1.82, 2.24) is 0 Å². The maximum Gasteiger partial charge on any atom is 0.125 e. The first-order chi connectivity index (χ1) is 7.75. The third-order valence-electron chi connectivity index (χ3n) is 2.06. The quantitative estimate of drug-likeness (QED) is 0.635. The Hall–Kier alpha value is -1.68. The normalized spacial score (nSPS) is 11.5. The Kier molecular flexibility index (Phi) is 3.31. The average Bonchev–Trinajstić information content (AvgIpc) is 2.79. The van der Waals surface area contributed by atoms with Crippen LogP contribution in [0, 0.1) is 5.82 Å². The fourth-order valence-corrected chi connectivity index (χ4v) is 1.92. The SMILES string of the molecule is C/C(=N\Nc1cccc(F)c1)c1cccs1. The molecule has 1 N–H and O–H groups in total. The van der Waals surface area contributed by atoms with Gasteiger partial charge in [0, 0.05) is 4.88 Å². The van der Waals surface area contributed by atoms with E-state index in [2.05, 4.69) is 10.5 Å². The minimum absolute atomic E-state index is 0.269. The van der Waals surface area contributed by atoms with Crippen molar-refractivity contribution in [2.75, 3.05) is 5.43 Å². The van der Waals surface area contributed by atoms with Crippen molar-refractivity contribution in [3.8, 4) is 0 Å². The molecule has 0 aliphatic carbocycles. The smallest absolute Gasteiger partial charge is 0.125 e. The summed E-state index contributed by atoms with van der Waals surface area (Å²) in [6.45, 7) is 1.91. The van der Waals surface area contributed by atoms with Crippen molar-refractivity contribution in [2.24, 2.45) is 5.10 Å². The summed E-state index contributed by atoms with van der Waals surface area (Å²) in [5.74, 6) is -0.269. The molecule has 4 heteroatoms. The van der Waals surface area contributed by atoms with E-state index in [1.165, 1.54) is 12.1 Å². The molecule has 0 fully saturated rings. The van der Waals surface area contributed by atoms with Crippen LogP contribution in [0.15, 0.2) is 46.9 Å². The Bertz CT molecular complexity index is 491. The van der Waals surface area contributed by atoms with Gasteiger partial charge in [0.2, 0.25) is 0 Å². The molecular weight excluding hydrogens is 223 g/mol. The number of anilines is 1. The zero-order valence-electron chi connectivity index (χ0n) is 8.77. The third-order valence-corrected chi connectivity index (χ3v) is 3.03. The number of nitrogens with zero attached hydrogens (tertiary/aromatic N) is 1. The Morgan fingerprint density at radius 2 is 2.19 bits per heavy atom. The maximum absolute atomic E-state index is 12.9. The van der Waals surface area contributed by atoms with E-state index in [0.29, 0.717) is 5.69 Å². The number of halogens is 1. The molecule has 0 aliphatic heterocycles. The van der Waals surface area contributed by atoms with E-state index in [0.717, 1.165) is 10.6 Å². The molecule has 82 valence electrons. The van der Waals surface area contributed by atoms with Crippen molar-refractivity contribution in [2.45, 2.75) is 6.92 Å². The summed E-state index contributed by atoms with van der Waals surface area (Å²) < 4.78 is 12.9. The van der Waals surface area contributed by atoms with E-state index >= 15 is 0 Å². The molecule has 0 atom stereocenters. The highest BCUT2D eigenvalue weighted by Crippen LogP contribution is 2.12. The molecule has 0 aliphatic rings. The van der Waals surface area contributed by atoms with Crippen LogP contribution in [0.25, 0.3) is 0 Å². The van der Waals surface area contributed by atoms with E-state index in [4.69, 9.17) is 0 Å². The van der Waals surface area contributed by atoms with Crippen LogP contribution in [0.3, 0.4) is 0 Å². The largest absolute Gasteiger partial charge is 0.278 e. The second-order valence-electron chi connectivity index (χ2n) is 3.30. The molecule has 2 aromatic rings.